The van der Waals surface area contributed by atoms with Gasteiger partial charge in [0.05, 0.1) is 21.3 Å². The van der Waals surface area contributed by atoms with Crippen molar-refractivity contribution in [3.05, 3.63) is 39.4 Å². The Balaban J connectivity index is 1.47. The largest absolute Gasteiger partial charge is 0.356 e. The molecule has 3 heterocycles. The monoisotopic (exact) mass is 631 g/mol. The number of nitrogens with one attached hydrogen (secondary N) is 3. The first-order valence-electron chi connectivity index (χ1n) is 15.0. The molecule has 1 aromatic carbocycles. The van der Waals surface area contributed by atoms with E-state index in [1.807, 2.05) is 32.7 Å². The number of hydrogen-bond acceptors (Lipinski definition) is 6. The summed E-state index contributed by atoms with van der Waals surface area (Å²) in [5.41, 5.74) is 2.15. The van der Waals surface area contributed by atoms with Gasteiger partial charge < -0.3 is 20.9 Å². The van der Waals surface area contributed by atoms with Crippen molar-refractivity contribution >= 4 is 63.6 Å². The average molecular weight is 633 g/mol. The molecule has 1 saturated carbocycles. The van der Waals surface area contributed by atoms with E-state index in [9.17, 15) is 14.0 Å². The summed E-state index contributed by atoms with van der Waals surface area (Å²) in [6.07, 6.45) is 5.25. The van der Waals surface area contributed by atoms with E-state index in [1.165, 1.54) is 6.42 Å². The van der Waals surface area contributed by atoms with Crippen molar-refractivity contribution in [2.75, 3.05) is 23.3 Å². The van der Waals surface area contributed by atoms with Gasteiger partial charge in [0, 0.05) is 38.1 Å². The molecule has 2 amide bonds. The first kappa shape index (κ1) is 31.3. The standard InChI is InChI=1S/C31H40Cl2FN7O2/c1-31(2,3)29(43)35-17-18-10-11-22(32)25(24(18)33)38-30-37-23-16-21(28(42)36-20-8-6-5-7-9-20)26(39-27(23)40(30)4)41-14-12-19(34)13-15-41/h10-11,16,19-20H,5-9,12-15,17H2,1-4H3,(H,35,43)(H,36,42)(H,37,38). The fraction of sp³-hybridized carbons (Fsp3) is 0.548. The lowest BCUT2D eigenvalue weighted by Gasteiger charge is -2.31. The Morgan fingerprint density at radius 2 is 1.74 bits per heavy atom. The summed E-state index contributed by atoms with van der Waals surface area (Å²) in [4.78, 5) is 37.7. The molecule has 0 spiro atoms. The van der Waals surface area contributed by atoms with Crippen molar-refractivity contribution in [3.63, 3.8) is 0 Å². The van der Waals surface area contributed by atoms with Gasteiger partial charge in [-0.25, -0.2) is 14.4 Å². The average Bonchev–Trinajstić information content (AvgIpc) is 3.28. The van der Waals surface area contributed by atoms with Gasteiger partial charge >= 0.3 is 0 Å². The molecule has 0 radical (unpaired) electrons. The number of piperidine rings is 1. The number of imidazole rings is 1. The topological polar surface area (TPSA) is 104 Å². The molecule has 5 rings (SSSR count). The van der Waals surface area contributed by atoms with E-state index < -0.39 is 11.6 Å². The van der Waals surface area contributed by atoms with Crippen molar-refractivity contribution in [3.8, 4) is 0 Å². The van der Waals surface area contributed by atoms with Crippen LogP contribution in [0.25, 0.3) is 11.2 Å². The summed E-state index contributed by atoms with van der Waals surface area (Å²) < 4.78 is 15.8. The van der Waals surface area contributed by atoms with Crippen LogP contribution in [0.3, 0.4) is 0 Å². The number of halogens is 3. The summed E-state index contributed by atoms with van der Waals surface area (Å²) in [7, 11) is 1.82. The lowest BCUT2D eigenvalue weighted by molar-refractivity contribution is -0.128. The molecule has 3 N–H and O–H groups in total. The normalized spacial score (nSPS) is 16.9. The fourth-order valence-corrected chi connectivity index (χ4v) is 6.12. The van der Waals surface area contributed by atoms with Crippen LogP contribution < -0.4 is 20.9 Å². The highest BCUT2D eigenvalue weighted by atomic mass is 35.5. The van der Waals surface area contributed by atoms with Crippen LogP contribution in [0.4, 0.5) is 21.8 Å². The molecule has 3 aromatic rings. The Hall–Kier alpha value is -3.11. The van der Waals surface area contributed by atoms with Crippen molar-refractivity contribution < 1.29 is 14.0 Å². The Labute approximate surface area is 261 Å². The highest BCUT2D eigenvalue weighted by Gasteiger charge is 2.28. The lowest BCUT2D eigenvalue weighted by atomic mass is 9.95. The number of benzene rings is 1. The number of anilines is 3. The molecule has 43 heavy (non-hydrogen) atoms. The molecule has 2 aliphatic rings. The van der Waals surface area contributed by atoms with Gasteiger partial charge in [0.1, 0.15) is 17.5 Å². The van der Waals surface area contributed by atoms with E-state index >= 15 is 0 Å². The van der Waals surface area contributed by atoms with Crippen LogP contribution in [0.1, 0.15) is 81.6 Å². The SMILES string of the molecule is Cn1c(Nc2c(Cl)ccc(CNC(=O)C(C)(C)C)c2Cl)nc2cc(C(=O)NC3CCCCC3)c(N3CCC(F)CC3)nc21. The summed E-state index contributed by atoms with van der Waals surface area (Å²) in [5.74, 6) is 0.689. The number of carbonyl (C=O) groups is 2. The second-order valence-electron chi connectivity index (χ2n) is 12.6. The van der Waals surface area contributed by atoms with Gasteiger partial charge in [0.25, 0.3) is 5.91 Å². The molecule has 12 heteroatoms. The van der Waals surface area contributed by atoms with Crippen molar-refractivity contribution in [1.29, 1.82) is 0 Å². The van der Waals surface area contributed by atoms with Crippen molar-refractivity contribution in [2.24, 2.45) is 12.5 Å². The fourth-order valence-electron chi connectivity index (χ4n) is 5.59. The number of pyridine rings is 1. The molecule has 2 aromatic heterocycles. The number of alkyl halides is 1. The van der Waals surface area contributed by atoms with E-state index in [0.29, 0.717) is 75.7 Å². The first-order chi connectivity index (χ1) is 20.4. The quantitative estimate of drug-likeness (QED) is 0.269. The van der Waals surface area contributed by atoms with Crippen LogP contribution in [-0.4, -0.2) is 51.7 Å². The minimum atomic E-state index is -0.848. The third-order valence-corrected chi connectivity index (χ3v) is 9.01. The highest BCUT2D eigenvalue weighted by molar-refractivity contribution is 6.39. The Morgan fingerprint density at radius 1 is 1.05 bits per heavy atom. The summed E-state index contributed by atoms with van der Waals surface area (Å²) >= 11 is 13.3. The number of aryl methyl sites for hydroxylation is 1. The van der Waals surface area contributed by atoms with E-state index in [0.717, 1.165) is 25.7 Å². The Kier molecular flexibility index (Phi) is 9.37. The third kappa shape index (κ3) is 7.01. The minimum Gasteiger partial charge on any atom is -0.356 e. The molecule has 2 fully saturated rings. The first-order valence-corrected chi connectivity index (χ1v) is 15.8. The summed E-state index contributed by atoms with van der Waals surface area (Å²) in [5, 5.41) is 10.1. The van der Waals surface area contributed by atoms with Crippen LogP contribution in [0.5, 0.6) is 0 Å². The van der Waals surface area contributed by atoms with Crippen molar-refractivity contribution in [1.82, 2.24) is 25.2 Å². The number of fused-ring (bicyclic) bond motifs is 1. The molecule has 9 nitrogen and oxygen atoms in total. The van der Waals surface area contributed by atoms with Crippen LogP contribution in [0, 0.1) is 5.41 Å². The molecule has 1 saturated heterocycles. The van der Waals surface area contributed by atoms with Gasteiger partial charge in [0.2, 0.25) is 11.9 Å². The maximum atomic E-state index is 14.0. The van der Waals surface area contributed by atoms with Crippen molar-refractivity contribution in [2.45, 2.75) is 84.5 Å². The van der Waals surface area contributed by atoms with Gasteiger partial charge in [-0.3, -0.25) is 14.2 Å². The molecular weight excluding hydrogens is 592 g/mol. The molecule has 0 atom stereocenters. The van der Waals surface area contributed by atoms with E-state index in [-0.39, 0.29) is 24.4 Å². The van der Waals surface area contributed by atoms with Crippen LogP contribution >= 0.6 is 23.2 Å². The smallest absolute Gasteiger partial charge is 0.255 e. The molecule has 1 aliphatic heterocycles. The molecule has 1 aliphatic carbocycles. The van der Waals surface area contributed by atoms with Gasteiger partial charge in [-0.2, -0.15) is 0 Å². The van der Waals surface area contributed by atoms with E-state index in [2.05, 4.69) is 16.0 Å². The zero-order valence-electron chi connectivity index (χ0n) is 25.2. The predicted octanol–water partition coefficient (Wildman–Crippen LogP) is 6.68. The number of rotatable bonds is 7. The number of aromatic nitrogens is 3. The van der Waals surface area contributed by atoms with Crippen LogP contribution in [0.15, 0.2) is 18.2 Å². The molecule has 232 valence electrons. The van der Waals surface area contributed by atoms with Gasteiger partial charge in [-0.05, 0) is 43.4 Å². The summed E-state index contributed by atoms with van der Waals surface area (Å²) in [6, 6.07) is 5.39. The summed E-state index contributed by atoms with van der Waals surface area (Å²) in [6.45, 7) is 6.74. The molecular formula is C31H40Cl2FN7O2. The maximum absolute atomic E-state index is 14.0. The Bertz CT molecular complexity index is 1510. The maximum Gasteiger partial charge on any atom is 0.255 e. The number of hydrogen-bond donors (Lipinski definition) is 3. The number of nitrogens with zero attached hydrogens (tertiary/aromatic N) is 4. The highest BCUT2D eigenvalue weighted by Crippen LogP contribution is 2.37. The lowest BCUT2D eigenvalue weighted by Crippen LogP contribution is -2.39. The van der Waals surface area contributed by atoms with E-state index in [4.69, 9.17) is 33.2 Å². The zero-order valence-corrected chi connectivity index (χ0v) is 26.7. The van der Waals surface area contributed by atoms with Gasteiger partial charge in [0.15, 0.2) is 5.65 Å². The van der Waals surface area contributed by atoms with E-state index in [1.54, 1.807) is 22.8 Å². The molecule has 0 bridgehead atoms. The second kappa shape index (κ2) is 12.9. The number of carbonyl (C=O) groups excluding carboxylic acids is 2. The van der Waals surface area contributed by atoms with Gasteiger partial charge in [-0.1, -0.05) is 69.3 Å². The zero-order chi connectivity index (χ0) is 30.9. The van der Waals surface area contributed by atoms with Crippen LogP contribution in [-0.2, 0) is 18.4 Å². The Morgan fingerprint density at radius 3 is 2.42 bits per heavy atom. The second-order valence-corrected chi connectivity index (χ2v) is 13.4. The van der Waals surface area contributed by atoms with Gasteiger partial charge in [-0.15, -0.1) is 0 Å². The third-order valence-electron chi connectivity index (χ3n) is 8.26. The molecule has 0 unspecified atom stereocenters. The number of amides is 2. The predicted molar refractivity (Wildman–Crippen MR) is 170 cm³/mol. The minimum absolute atomic E-state index is 0.0932. The van der Waals surface area contributed by atoms with Crippen LogP contribution in [0.2, 0.25) is 10.0 Å².